The Hall–Kier alpha value is -1.32. The molecule has 1 aliphatic heterocycles. The van der Waals surface area contributed by atoms with Gasteiger partial charge in [-0.2, -0.15) is 0 Å². The highest BCUT2D eigenvalue weighted by Crippen LogP contribution is 2.21. The maximum absolute atomic E-state index is 5.73. The molecule has 1 unspecified atom stereocenters. The Kier molecular flexibility index (Phi) is 4.61. The van der Waals surface area contributed by atoms with E-state index in [4.69, 9.17) is 4.74 Å². The highest BCUT2D eigenvalue weighted by atomic mass is 16.5. The molecule has 1 fully saturated rings. The van der Waals surface area contributed by atoms with Crippen molar-refractivity contribution in [1.29, 1.82) is 0 Å². The Balaban J connectivity index is 1.70. The SMILES string of the molecule is CC(C)NCc1ccc2ccn(CCC3CCCO3)c2c1. The van der Waals surface area contributed by atoms with Crippen molar-refractivity contribution in [3.63, 3.8) is 0 Å². The third-order valence-corrected chi connectivity index (χ3v) is 4.27. The summed E-state index contributed by atoms with van der Waals surface area (Å²) in [7, 11) is 0. The number of rotatable bonds is 6. The van der Waals surface area contributed by atoms with Gasteiger partial charge < -0.3 is 14.6 Å². The number of ether oxygens (including phenoxy) is 1. The van der Waals surface area contributed by atoms with E-state index in [0.29, 0.717) is 12.1 Å². The number of aromatic nitrogens is 1. The van der Waals surface area contributed by atoms with Crippen molar-refractivity contribution in [2.75, 3.05) is 6.61 Å². The van der Waals surface area contributed by atoms with E-state index in [9.17, 15) is 0 Å². The zero-order valence-electron chi connectivity index (χ0n) is 13.1. The van der Waals surface area contributed by atoms with Gasteiger partial charge in [0.2, 0.25) is 0 Å². The van der Waals surface area contributed by atoms with Gasteiger partial charge in [-0.05, 0) is 42.3 Å². The summed E-state index contributed by atoms with van der Waals surface area (Å²) in [5.41, 5.74) is 2.70. The fourth-order valence-corrected chi connectivity index (χ4v) is 3.01. The van der Waals surface area contributed by atoms with Crippen LogP contribution in [0.5, 0.6) is 0 Å². The lowest BCUT2D eigenvalue weighted by molar-refractivity contribution is 0.101. The van der Waals surface area contributed by atoms with Gasteiger partial charge >= 0.3 is 0 Å². The molecular formula is C18H26N2O. The van der Waals surface area contributed by atoms with Gasteiger partial charge in [-0.25, -0.2) is 0 Å². The molecule has 0 saturated carbocycles. The van der Waals surface area contributed by atoms with E-state index in [2.05, 4.69) is 54.2 Å². The number of nitrogens with one attached hydrogen (secondary N) is 1. The van der Waals surface area contributed by atoms with Crippen LogP contribution in [-0.2, 0) is 17.8 Å². The van der Waals surface area contributed by atoms with E-state index in [-0.39, 0.29) is 0 Å². The number of aryl methyl sites for hydroxylation is 1. The van der Waals surface area contributed by atoms with Crippen LogP contribution in [0.2, 0.25) is 0 Å². The van der Waals surface area contributed by atoms with E-state index in [1.165, 1.54) is 29.3 Å². The topological polar surface area (TPSA) is 26.2 Å². The van der Waals surface area contributed by atoms with Gasteiger partial charge in [0.25, 0.3) is 0 Å². The second-order valence-corrected chi connectivity index (χ2v) is 6.36. The molecule has 2 aromatic rings. The summed E-state index contributed by atoms with van der Waals surface area (Å²) >= 11 is 0. The van der Waals surface area contributed by atoms with Crippen molar-refractivity contribution in [1.82, 2.24) is 9.88 Å². The highest BCUT2D eigenvalue weighted by molar-refractivity contribution is 5.80. The van der Waals surface area contributed by atoms with Gasteiger partial charge in [-0.3, -0.25) is 0 Å². The van der Waals surface area contributed by atoms with Crippen LogP contribution in [0.25, 0.3) is 10.9 Å². The molecule has 114 valence electrons. The van der Waals surface area contributed by atoms with E-state index >= 15 is 0 Å². The average molecular weight is 286 g/mol. The fraction of sp³-hybridized carbons (Fsp3) is 0.556. The average Bonchev–Trinajstić information content (AvgIpc) is 3.12. The molecule has 1 aromatic carbocycles. The van der Waals surface area contributed by atoms with Crippen LogP contribution in [-0.4, -0.2) is 23.3 Å². The quantitative estimate of drug-likeness (QED) is 0.876. The highest BCUT2D eigenvalue weighted by Gasteiger charge is 2.15. The number of hydrogen-bond donors (Lipinski definition) is 1. The van der Waals surface area contributed by atoms with Crippen LogP contribution in [0.15, 0.2) is 30.5 Å². The minimum absolute atomic E-state index is 0.466. The predicted molar refractivity (Wildman–Crippen MR) is 87.5 cm³/mol. The van der Waals surface area contributed by atoms with Crippen molar-refractivity contribution in [3.8, 4) is 0 Å². The fourth-order valence-electron chi connectivity index (χ4n) is 3.01. The number of nitrogens with zero attached hydrogens (tertiary/aromatic N) is 1. The number of hydrogen-bond acceptors (Lipinski definition) is 2. The molecule has 3 heteroatoms. The number of fused-ring (bicyclic) bond motifs is 1. The molecule has 0 amide bonds. The monoisotopic (exact) mass is 286 g/mol. The van der Waals surface area contributed by atoms with E-state index < -0.39 is 0 Å². The Labute approximate surface area is 127 Å². The van der Waals surface area contributed by atoms with Gasteiger partial charge in [0, 0.05) is 37.5 Å². The normalized spacial score (nSPS) is 18.9. The molecular weight excluding hydrogens is 260 g/mol. The molecule has 1 aromatic heterocycles. The summed E-state index contributed by atoms with van der Waals surface area (Å²) in [5.74, 6) is 0. The molecule has 1 atom stereocenters. The zero-order chi connectivity index (χ0) is 14.7. The lowest BCUT2D eigenvalue weighted by atomic mass is 10.1. The molecule has 1 saturated heterocycles. The standard InChI is InChI=1S/C18H26N2O/c1-14(2)19-13-15-5-6-16-7-9-20(18(16)12-15)10-8-17-4-3-11-21-17/h5-7,9,12,14,17,19H,3-4,8,10-11,13H2,1-2H3. The Bertz CT molecular complexity index is 582. The molecule has 2 heterocycles. The largest absolute Gasteiger partial charge is 0.378 e. The van der Waals surface area contributed by atoms with Gasteiger partial charge in [-0.15, -0.1) is 0 Å². The predicted octanol–water partition coefficient (Wildman–Crippen LogP) is 3.71. The Morgan fingerprint density at radius 3 is 3.00 bits per heavy atom. The number of benzene rings is 1. The maximum atomic E-state index is 5.73. The maximum Gasteiger partial charge on any atom is 0.0593 e. The molecule has 0 spiro atoms. The molecule has 0 radical (unpaired) electrons. The minimum atomic E-state index is 0.466. The second kappa shape index (κ2) is 6.63. The van der Waals surface area contributed by atoms with Crippen molar-refractivity contribution < 1.29 is 4.74 Å². The summed E-state index contributed by atoms with van der Waals surface area (Å²) in [6.45, 7) is 7.30. The molecule has 21 heavy (non-hydrogen) atoms. The van der Waals surface area contributed by atoms with E-state index in [1.807, 2.05) is 0 Å². The van der Waals surface area contributed by atoms with Gasteiger partial charge in [0.05, 0.1) is 6.10 Å². The minimum Gasteiger partial charge on any atom is -0.378 e. The second-order valence-electron chi connectivity index (χ2n) is 6.36. The summed E-state index contributed by atoms with van der Waals surface area (Å²) < 4.78 is 8.10. The molecule has 3 nitrogen and oxygen atoms in total. The summed E-state index contributed by atoms with van der Waals surface area (Å²) in [6.07, 6.45) is 6.25. The van der Waals surface area contributed by atoms with Crippen LogP contribution in [0.4, 0.5) is 0 Å². The molecule has 1 N–H and O–H groups in total. The van der Waals surface area contributed by atoms with Crippen molar-refractivity contribution in [3.05, 3.63) is 36.0 Å². The summed E-state index contributed by atoms with van der Waals surface area (Å²) in [5, 5.41) is 4.81. The summed E-state index contributed by atoms with van der Waals surface area (Å²) in [4.78, 5) is 0. The molecule has 0 bridgehead atoms. The first-order valence-corrected chi connectivity index (χ1v) is 8.15. The lowest BCUT2D eigenvalue weighted by Crippen LogP contribution is -2.21. The Morgan fingerprint density at radius 2 is 2.24 bits per heavy atom. The third kappa shape index (κ3) is 3.66. The van der Waals surface area contributed by atoms with Crippen molar-refractivity contribution in [2.24, 2.45) is 0 Å². The molecule has 3 rings (SSSR count). The molecule has 1 aliphatic rings. The molecule has 0 aliphatic carbocycles. The zero-order valence-corrected chi connectivity index (χ0v) is 13.1. The van der Waals surface area contributed by atoms with Crippen LogP contribution >= 0.6 is 0 Å². The summed E-state index contributed by atoms with van der Waals surface area (Å²) in [6, 6.07) is 9.51. The van der Waals surface area contributed by atoms with E-state index in [1.54, 1.807) is 0 Å². The van der Waals surface area contributed by atoms with Crippen LogP contribution in [0.3, 0.4) is 0 Å². The smallest absolute Gasteiger partial charge is 0.0593 e. The van der Waals surface area contributed by atoms with Gasteiger partial charge in [0.15, 0.2) is 0 Å². The third-order valence-electron chi connectivity index (χ3n) is 4.27. The van der Waals surface area contributed by atoms with Crippen LogP contribution in [0.1, 0.15) is 38.7 Å². The van der Waals surface area contributed by atoms with Gasteiger partial charge in [-0.1, -0.05) is 26.0 Å². The van der Waals surface area contributed by atoms with Crippen LogP contribution in [0, 0.1) is 0 Å². The first-order valence-electron chi connectivity index (χ1n) is 8.15. The van der Waals surface area contributed by atoms with Crippen molar-refractivity contribution in [2.45, 2.75) is 58.3 Å². The first kappa shape index (κ1) is 14.6. The van der Waals surface area contributed by atoms with Gasteiger partial charge in [0.1, 0.15) is 0 Å². The first-order chi connectivity index (χ1) is 10.2. The lowest BCUT2D eigenvalue weighted by Gasteiger charge is -2.12. The van der Waals surface area contributed by atoms with Crippen molar-refractivity contribution >= 4 is 10.9 Å². The van der Waals surface area contributed by atoms with E-state index in [0.717, 1.165) is 26.1 Å². The Morgan fingerprint density at radius 1 is 1.33 bits per heavy atom. The van der Waals surface area contributed by atoms with Crippen LogP contribution < -0.4 is 5.32 Å².